The van der Waals surface area contributed by atoms with E-state index in [0.717, 1.165) is 45.3 Å². The Balaban J connectivity index is 1.44. The van der Waals surface area contributed by atoms with E-state index < -0.39 is 0 Å². The SMILES string of the molecule is Brc1ccc2[nH]c3ncnc(NC4CN(c5ccncc5)C4)c3c2c1. The van der Waals surface area contributed by atoms with Crippen molar-refractivity contribution in [3.8, 4) is 0 Å². The first-order valence-corrected chi connectivity index (χ1v) is 8.91. The summed E-state index contributed by atoms with van der Waals surface area (Å²) in [4.78, 5) is 18.6. The molecule has 4 aromatic rings. The van der Waals surface area contributed by atoms with Crippen LogP contribution in [0, 0.1) is 0 Å². The van der Waals surface area contributed by atoms with Crippen LogP contribution in [-0.4, -0.2) is 39.1 Å². The Morgan fingerprint density at radius 1 is 1.12 bits per heavy atom. The maximum absolute atomic E-state index is 4.49. The van der Waals surface area contributed by atoms with E-state index in [0.29, 0.717) is 6.04 Å². The summed E-state index contributed by atoms with van der Waals surface area (Å²) < 4.78 is 1.04. The van der Waals surface area contributed by atoms with Crippen LogP contribution in [0.2, 0.25) is 0 Å². The third kappa shape index (κ3) is 2.51. The molecule has 0 unspecified atom stereocenters. The number of H-pyrrole nitrogens is 1. The van der Waals surface area contributed by atoms with E-state index in [9.17, 15) is 0 Å². The predicted octanol–water partition coefficient (Wildman–Crippen LogP) is 3.57. The van der Waals surface area contributed by atoms with E-state index >= 15 is 0 Å². The monoisotopic (exact) mass is 394 g/mol. The van der Waals surface area contributed by atoms with E-state index in [1.807, 2.05) is 30.6 Å². The van der Waals surface area contributed by atoms with Crippen LogP contribution in [0.25, 0.3) is 21.9 Å². The van der Waals surface area contributed by atoms with Crippen molar-refractivity contribution in [3.05, 3.63) is 53.5 Å². The number of nitrogens with zero attached hydrogens (tertiary/aromatic N) is 4. The van der Waals surface area contributed by atoms with Gasteiger partial charge in [-0.05, 0) is 30.3 Å². The minimum Gasteiger partial charge on any atom is -0.367 e. The largest absolute Gasteiger partial charge is 0.367 e. The van der Waals surface area contributed by atoms with E-state index in [1.165, 1.54) is 5.69 Å². The fraction of sp³-hybridized carbons (Fsp3) is 0.167. The molecule has 7 heteroatoms. The number of hydrogen-bond donors (Lipinski definition) is 2. The fourth-order valence-electron chi connectivity index (χ4n) is 3.33. The molecule has 0 atom stereocenters. The second-order valence-corrected chi connectivity index (χ2v) is 7.13. The summed E-state index contributed by atoms with van der Waals surface area (Å²) >= 11 is 3.55. The zero-order chi connectivity index (χ0) is 16.8. The molecule has 0 saturated carbocycles. The van der Waals surface area contributed by atoms with Crippen LogP contribution in [0.15, 0.2) is 53.5 Å². The molecular weight excluding hydrogens is 380 g/mol. The molecule has 4 heterocycles. The Hall–Kier alpha value is -2.67. The summed E-state index contributed by atoms with van der Waals surface area (Å²) in [6, 6.07) is 10.6. The lowest BCUT2D eigenvalue weighted by atomic mass is 10.1. The van der Waals surface area contributed by atoms with E-state index in [2.05, 4.69) is 58.2 Å². The molecule has 1 fully saturated rings. The Morgan fingerprint density at radius 3 is 2.80 bits per heavy atom. The second kappa shape index (κ2) is 5.70. The summed E-state index contributed by atoms with van der Waals surface area (Å²) in [5, 5.41) is 5.74. The van der Waals surface area contributed by atoms with Gasteiger partial charge in [-0.3, -0.25) is 4.98 Å². The van der Waals surface area contributed by atoms with Gasteiger partial charge in [0.15, 0.2) is 0 Å². The van der Waals surface area contributed by atoms with E-state index in [4.69, 9.17) is 0 Å². The van der Waals surface area contributed by atoms with Crippen molar-refractivity contribution < 1.29 is 0 Å². The van der Waals surface area contributed by atoms with Crippen LogP contribution in [0.4, 0.5) is 11.5 Å². The zero-order valence-corrected chi connectivity index (χ0v) is 14.9. The van der Waals surface area contributed by atoms with Gasteiger partial charge in [0.2, 0.25) is 0 Å². The van der Waals surface area contributed by atoms with Crippen molar-refractivity contribution in [2.24, 2.45) is 0 Å². The van der Waals surface area contributed by atoms with Crippen LogP contribution in [0.3, 0.4) is 0 Å². The number of hydrogen-bond acceptors (Lipinski definition) is 5. The molecular formula is C18H15BrN6. The fourth-order valence-corrected chi connectivity index (χ4v) is 3.69. The topological polar surface area (TPSA) is 69.7 Å². The number of aromatic amines is 1. The van der Waals surface area contributed by atoms with Crippen molar-refractivity contribution in [1.82, 2.24) is 19.9 Å². The normalized spacial score (nSPS) is 14.8. The lowest BCUT2D eigenvalue weighted by Crippen LogP contribution is -2.55. The van der Waals surface area contributed by atoms with Gasteiger partial charge in [0.05, 0.1) is 11.4 Å². The van der Waals surface area contributed by atoms with Crippen LogP contribution >= 0.6 is 15.9 Å². The quantitative estimate of drug-likeness (QED) is 0.555. The number of benzene rings is 1. The van der Waals surface area contributed by atoms with Gasteiger partial charge in [-0.2, -0.15) is 0 Å². The van der Waals surface area contributed by atoms with Crippen molar-refractivity contribution in [2.75, 3.05) is 23.3 Å². The highest BCUT2D eigenvalue weighted by atomic mass is 79.9. The molecule has 124 valence electrons. The summed E-state index contributed by atoms with van der Waals surface area (Å²) in [5.74, 6) is 0.883. The number of rotatable bonds is 3. The van der Waals surface area contributed by atoms with Crippen LogP contribution in [0.5, 0.6) is 0 Å². The Labute approximate surface area is 152 Å². The maximum Gasteiger partial charge on any atom is 0.143 e. The van der Waals surface area contributed by atoms with Gasteiger partial charge in [0, 0.05) is 46.5 Å². The molecule has 0 radical (unpaired) electrons. The summed E-state index contributed by atoms with van der Waals surface area (Å²) in [6.45, 7) is 1.89. The molecule has 1 saturated heterocycles. The van der Waals surface area contributed by atoms with Gasteiger partial charge in [0.25, 0.3) is 0 Å². The highest BCUT2D eigenvalue weighted by molar-refractivity contribution is 9.10. The Bertz CT molecular complexity index is 1060. The van der Waals surface area contributed by atoms with Gasteiger partial charge in [0.1, 0.15) is 17.8 Å². The molecule has 3 aromatic heterocycles. The molecule has 0 amide bonds. The van der Waals surface area contributed by atoms with Crippen molar-refractivity contribution >= 4 is 49.4 Å². The molecule has 1 aliphatic rings. The first-order chi connectivity index (χ1) is 12.3. The zero-order valence-electron chi connectivity index (χ0n) is 13.3. The average molecular weight is 395 g/mol. The van der Waals surface area contributed by atoms with Crippen molar-refractivity contribution in [1.29, 1.82) is 0 Å². The van der Waals surface area contributed by atoms with Gasteiger partial charge in [-0.15, -0.1) is 0 Å². The third-order valence-electron chi connectivity index (χ3n) is 4.60. The standard InChI is InChI=1S/C18H15BrN6/c19-11-1-2-15-14(7-11)16-17(21-10-22-18(16)24-15)23-12-8-25(9-12)13-3-5-20-6-4-13/h1-7,10,12H,8-9H2,(H2,21,22,23,24). The first kappa shape index (κ1) is 14.7. The molecule has 0 spiro atoms. The number of aromatic nitrogens is 4. The summed E-state index contributed by atoms with van der Waals surface area (Å²) in [5.41, 5.74) is 3.13. The molecule has 0 bridgehead atoms. The second-order valence-electron chi connectivity index (χ2n) is 6.21. The van der Waals surface area contributed by atoms with Gasteiger partial charge in [-0.25, -0.2) is 9.97 Å². The lowest BCUT2D eigenvalue weighted by molar-refractivity contribution is 0.549. The molecule has 2 N–H and O–H groups in total. The van der Waals surface area contributed by atoms with Crippen LogP contribution in [-0.2, 0) is 0 Å². The summed E-state index contributed by atoms with van der Waals surface area (Å²) in [7, 11) is 0. The lowest BCUT2D eigenvalue weighted by Gasteiger charge is -2.41. The molecule has 0 aliphatic carbocycles. The molecule has 25 heavy (non-hydrogen) atoms. The number of pyridine rings is 1. The van der Waals surface area contributed by atoms with Crippen molar-refractivity contribution in [2.45, 2.75) is 6.04 Å². The highest BCUT2D eigenvalue weighted by Gasteiger charge is 2.27. The van der Waals surface area contributed by atoms with E-state index in [1.54, 1.807) is 6.33 Å². The smallest absolute Gasteiger partial charge is 0.143 e. The third-order valence-corrected chi connectivity index (χ3v) is 5.09. The van der Waals surface area contributed by atoms with Gasteiger partial charge >= 0.3 is 0 Å². The highest BCUT2D eigenvalue weighted by Crippen LogP contribution is 2.32. The minimum absolute atomic E-state index is 0.364. The van der Waals surface area contributed by atoms with Crippen LogP contribution < -0.4 is 10.2 Å². The average Bonchev–Trinajstić information content (AvgIpc) is 2.97. The number of nitrogens with one attached hydrogen (secondary N) is 2. The van der Waals surface area contributed by atoms with E-state index in [-0.39, 0.29) is 0 Å². The van der Waals surface area contributed by atoms with Gasteiger partial charge in [-0.1, -0.05) is 15.9 Å². The Kier molecular flexibility index (Phi) is 3.34. The number of halogens is 1. The number of fused-ring (bicyclic) bond motifs is 3. The molecule has 6 nitrogen and oxygen atoms in total. The molecule has 5 rings (SSSR count). The molecule has 1 aliphatic heterocycles. The minimum atomic E-state index is 0.364. The number of anilines is 2. The first-order valence-electron chi connectivity index (χ1n) is 8.11. The van der Waals surface area contributed by atoms with Gasteiger partial charge < -0.3 is 15.2 Å². The molecule has 1 aromatic carbocycles. The van der Waals surface area contributed by atoms with Crippen LogP contribution in [0.1, 0.15) is 0 Å². The Morgan fingerprint density at radius 2 is 1.96 bits per heavy atom. The maximum atomic E-state index is 4.49. The predicted molar refractivity (Wildman–Crippen MR) is 103 cm³/mol. The van der Waals surface area contributed by atoms with Crippen molar-refractivity contribution in [3.63, 3.8) is 0 Å². The summed E-state index contributed by atoms with van der Waals surface area (Å²) in [6.07, 6.45) is 5.26.